The predicted octanol–water partition coefficient (Wildman–Crippen LogP) is 4.97. The van der Waals surface area contributed by atoms with Crippen molar-refractivity contribution in [3.8, 4) is 17.4 Å². The fraction of sp³-hybridized carbons (Fsp3) is 0.333. The second-order valence-corrected chi connectivity index (χ2v) is 10.2. The number of methoxy groups -OCH3 is 1. The van der Waals surface area contributed by atoms with Crippen LogP contribution < -0.4 is 30.7 Å². The number of hydrogen-bond donors (Lipinski definition) is 4. The van der Waals surface area contributed by atoms with E-state index in [1.54, 1.807) is 55.8 Å². The number of ether oxygens (including phenoxy) is 3. The Labute approximate surface area is 258 Å². The molecule has 0 saturated heterocycles. The van der Waals surface area contributed by atoms with Gasteiger partial charge in [0.2, 0.25) is 17.7 Å². The Bertz CT molecular complexity index is 1490. The van der Waals surface area contributed by atoms with Gasteiger partial charge in [-0.1, -0.05) is 26.0 Å². The topological polar surface area (TPSA) is 139 Å². The van der Waals surface area contributed by atoms with Crippen molar-refractivity contribution in [3.63, 3.8) is 0 Å². The lowest BCUT2D eigenvalue weighted by atomic mass is 10.0. The minimum Gasteiger partial charge on any atom is -0.495 e. The number of hydrogen-bond acceptors (Lipinski definition) is 8. The van der Waals surface area contributed by atoms with Crippen molar-refractivity contribution in [2.75, 3.05) is 44.5 Å². The second kappa shape index (κ2) is 16.2. The standard InChI is InChI=1S/C33H40N6O5/c1-5-8-24(13-16-34-3)37-31(41)23-11-12-28(29(19-23)42-4)38-33-35-21-27(22-14-17-43-18-15-22)32(39-33)44-26-10-7-9-25(20-26)36-30(40)6-2/h6-7,9-12,14,19-21,24,34H,2,5,8,13,15-18H2,1,3-4H3,(H,36,40)(H,37,41)(H,35,38,39)/p+1. The van der Waals surface area contributed by atoms with Gasteiger partial charge in [0.15, 0.2) is 6.61 Å². The molecule has 3 aromatic rings. The first kappa shape index (κ1) is 32.2. The Hall–Kier alpha value is -4.74. The monoisotopic (exact) mass is 601 g/mol. The number of nitrogens with zero attached hydrogens (tertiary/aromatic N) is 2. The van der Waals surface area contributed by atoms with Crippen molar-refractivity contribution in [1.82, 2.24) is 20.6 Å². The van der Waals surface area contributed by atoms with Gasteiger partial charge >= 0.3 is 0 Å². The van der Waals surface area contributed by atoms with E-state index in [0.29, 0.717) is 47.5 Å². The quantitative estimate of drug-likeness (QED) is 0.142. The highest BCUT2D eigenvalue weighted by Gasteiger charge is 2.19. The van der Waals surface area contributed by atoms with Gasteiger partial charge in [-0.25, -0.2) is 4.98 Å². The zero-order chi connectivity index (χ0) is 31.3. The highest BCUT2D eigenvalue weighted by molar-refractivity contribution is 5.99. The van der Waals surface area contributed by atoms with Crippen LogP contribution in [0.1, 0.15) is 48.5 Å². The average Bonchev–Trinajstić information content (AvgIpc) is 3.04. The number of carbonyl (C=O) groups is 2. The molecule has 0 spiro atoms. The molecule has 0 aliphatic carbocycles. The van der Waals surface area contributed by atoms with Crippen molar-refractivity contribution >= 4 is 34.7 Å². The van der Waals surface area contributed by atoms with E-state index >= 15 is 0 Å². The summed E-state index contributed by atoms with van der Waals surface area (Å²) in [7, 11) is 3.45. The van der Waals surface area contributed by atoms with E-state index in [9.17, 15) is 9.59 Å². The van der Waals surface area contributed by atoms with Gasteiger partial charge in [-0.3, -0.25) is 9.59 Å². The molecular formula is C33H41N6O5+. The van der Waals surface area contributed by atoms with Crippen LogP contribution in [0.25, 0.3) is 5.57 Å². The van der Waals surface area contributed by atoms with E-state index in [0.717, 1.165) is 43.4 Å². The fourth-order valence-electron chi connectivity index (χ4n) is 4.76. The number of nitrogens with one attached hydrogen (secondary N) is 4. The highest BCUT2D eigenvalue weighted by atomic mass is 16.5. The molecule has 0 bridgehead atoms. The second-order valence-electron chi connectivity index (χ2n) is 10.2. The van der Waals surface area contributed by atoms with Gasteiger partial charge < -0.3 is 35.5 Å². The Balaban J connectivity index is 1.58. The zero-order valence-corrected chi connectivity index (χ0v) is 25.5. The first-order valence-electron chi connectivity index (χ1n) is 14.8. The van der Waals surface area contributed by atoms with E-state index in [1.165, 1.54) is 6.08 Å². The number of rotatable bonds is 15. The number of amides is 2. The third kappa shape index (κ3) is 8.88. The van der Waals surface area contributed by atoms with Gasteiger partial charge in [0, 0.05) is 36.0 Å². The van der Waals surface area contributed by atoms with Crippen molar-refractivity contribution in [1.29, 1.82) is 0 Å². The van der Waals surface area contributed by atoms with Gasteiger partial charge in [0.1, 0.15) is 18.1 Å². The van der Waals surface area contributed by atoms with Crippen molar-refractivity contribution < 1.29 is 23.8 Å². The van der Waals surface area contributed by atoms with Crippen LogP contribution >= 0.6 is 0 Å². The van der Waals surface area contributed by atoms with E-state index in [4.69, 9.17) is 14.5 Å². The van der Waals surface area contributed by atoms with E-state index in [-0.39, 0.29) is 23.8 Å². The molecule has 1 atom stereocenters. The molecule has 1 aromatic heterocycles. The van der Waals surface area contributed by atoms with Crippen LogP contribution in [0.2, 0.25) is 0 Å². The molecule has 44 heavy (non-hydrogen) atoms. The summed E-state index contributed by atoms with van der Waals surface area (Å²) in [5.41, 5.74) is 3.45. The molecule has 232 valence electrons. The molecule has 4 rings (SSSR count). The summed E-state index contributed by atoms with van der Waals surface area (Å²) < 4.78 is 16.3. The molecular weight excluding hydrogens is 560 g/mol. The van der Waals surface area contributed by atoms with Gasteiger partial charge in [0.05, 0.1) is 18.4 Å². The molecule has 1 aliphatic heterocycles. The molecule has 2 amide bonds. The van der Waals surface area contributed by atoms with Crippen molar-refractivity contribution in [2.24, 2.45) is 0 Å². The maximum absolute atomic E-state index is 13.0. The van der Waals surface area contributed by atoms with Crippen LogP contribution in [0.3, 0.4) is 0 Å². The normalized spacial score (nSPS) is 13.3. The molecule has 1 unspecified atom stereocenters. The van der Waals surface area contributed by atoms with Gasteiger partial charge in [-0.05, 0) is 74.5 Å². The third-order valence-corrected chi connectivity index (χ3v) is 7.03. The maximum atomic E-state index is 13.0. The summed E-state index contributed by atoms with van der Waals surface area (Å²) in [6.45, 7) is 7.75. The summed E-state index contributed by atoms with van der Waals surface area (Å²) in [6, 6.07) is 12.3. The smallest absolute Gasteiger partial charge is 0.251 e. The molecule has 1 aliphatic rings. The van der Waals surface area contributed by atoms with Crippen LogP contribution in [0.15, 0.2) is 67.4 Å². The van der Waals surface area contributed by atoms with E-state index in [2.05, 4.69) is 44.5 Å². The summed E-state index contributed by atoms with van der Waals surface area (Å²) >= 11 is 0. The number of anilines is 3. The molecule has 0 fully saturated rings. The SMILES string of the molecule is C=CC(=O)Nc1cccc(Oc2nc(Nc3ccc(C(=O)NC(CCC)CCNC)cc3OC)ncc2C2=CC[OH+]CC2)c1. The first-order chi connectivity index (χ1) is 21.4. The fourth-order valence-corrected chi connectivity index (χ4v) is 4.76. The van der Waals surface area contributed by atoms with Gasteiger partial charge in [-0.2, -0.15) is 4.98 Å². The average molecular weight is 602 g/mol. The van der Waals surface area contributed by atoms with Crippen LogP contribution in [0, 0.1) is 0 Å². The minimum absolute atomic E-state index is 0.0842. The third-order valence-electron chi connectivity index (χ3n) is 7.03. The van der Waals surface area contributed by atoms with Crippen LogP contribution in [0.5, 0.6) is 17.4 Å². The molecule has 5 N–H and O–H groups in total. The zero-order valence-electron chi connectivity index (χ0n) is 25.5. The van der Waals surface area contributed by atoms with Crippen molar-refractivity contribution in [3.05, 3.63) is 78.5 Å². The predicted molar refractivity (Wildman–Crippen MR) is 173 cm³/mol. The van der Waals surface area contributed by atoms with Crippen LogP contribution in [-0.2, 0) is 4.79 Å². The number of aliphatic hydroxyl groups is 2. The summed E-state index contributed by atoms with van der Waals surface area (Å²) in [5, 5.41) is 12.2. The Morgan fingerprint density at radius 2 is 2.05 bits per heavy atom. The molecule has 0 radical (unpaired) electrons. The summed E-state index contributed by atoms with van der Waals surface area (Å²) in [6.07, 6.45) is 8.45. The van der Waals surface area contributed by atoms with Crippen molar-refractivity contribution in [2.45, 2.75) is 38.6 Å². The minimum atomic E-state index is -0.320. The number of carbonyl (C=O) groups excluding carboxylic acids is 2. The number of benzene rings is 2. The highest BCUT2D eigenvalue weighted by Crippen LogP contribution is 2.34. The Morgan fingerprint density at radius 3 is 2.77 bits per heavy atom. The Morgan fingerprint density at radius 1 is 1.18 bits per heavy atom. The molecule has 2 aromatic carbocycles. The maximum Gasteiger partial charge on any atom is 0.251 e. The lowest BCUT2D eigenvalue weighted by Gasteiger charge is -2.19. The van der Waals surface area contributed by atoms with E-state index in [1.807, 2.05) is 13.1 Å². The lowest BCUT2D eigenvalue weighted by Crippen LogP contribution is -2.36. The molecule has 2 heterocycles. The lowest BCUT2D eigenvalue weighted by molar-refractivity contribution is -0.111. The van der Waals surface area contributed by atoms with Gasteiger partial charge in [0.25, 0.3) is 5.91 Å². The molecule has 11 heteroatoms. The molecule has 11 nitrogen and oxygen atoms in total. The molecule has 0 saturated carbocycles. The van der Waals surface area contributed by atoms with Gasteiger partial charge in [-0.15, -0.1) is 0 Å². The number of aromatic nitrogens is 2. The van der Waals surface area contributed by atoms with Crippen LogP contribution in [-0.4, -0.2) is 66.5 Å². The Kier molecular flexibility index (Phi) is 11.8. The largest absolute Gasteiger partial charge is 0.495 e. The summed E-state index contributed by atoms with van der Waals surface area (Å²) in [4.78, 5) is 34.1. The summed E-state index contributed by atoms with van der Waals surface area (Å²) in [5.74, 6) is 1.12. The van der Waals surface area contributed by atoms with E-state index < -0.39 is 0 Å². The first-order valence-corrected chi connectivity index (χ1v) is 14.8. The van der Waals surface area contributed by atoms with Crippen LogP contribution in [0.4, 0.5) is 17.3 Å².